The Bertz CT molecular complexity index is 614. The number of nitrogens with two attached hydrogens (primary N) is 1. The Hall–Kier alpha value is -2.06. The molecule has 3 atom stereocenters. The zero-order chi connectivity index (χ0) is 14.9. The first-order valence-electron chi connectivity index (χ1n) is 5.75. The second-order valence-electron chi connectivity index (χ2n) is 4.18. The van der Waals surface area contributed by atoms with Gasteiger partial charge in [-0.2, -0.15) is 4.98 Å². The van der Waals surface area contributed by atoms with Crippen LogP contribution in [0, 0.1) is 0 Å². The first-order valence-corrected chi connectivity index (χ1v) is 5.75. The van der Waals surface area contributed by atoms with E-state index >= 15 is 0 Å². The van der Waals surface area contributed by atoms with Crippen molar-refractivity contribution in [2.75, 3.05) is 12.3 Å². The van der Waals surface area contributed by atoms with Crippen molar-refractivity contribution in [1.29, 1.82) is 0 Å². The normalized spacial score (nSPS) is 27.9. The van der Waals surface area contributed by atoms with E-state index in [4.69, 9.17) is 15.6 Å². The van der Waals surface area contributed by atoms with Crippen molar-refractivity contribution in [1.82, 2.24) is 9.55 Å². The molecule has 1 aliphatic rings. The van der Waals surface area contributed by atoms with Crippen molar-refractivity contribution in [3.63, 3.8) is 0 Å². The second kappa shape index (κ2) is 5.51. The summed E-state index contributed by atoms with van der Waals surface area (Å²) in [6.45, 7) is 2.89. The van der Waals surface area contributed by atoms with Crippen LogP contribution in [0.1, 0.15) is 11.8 Å². The molecule has 0 radical (unpaired) electrons. The molecule has 2 rings (SSSR count). The summed E-state index contributed by atoms with van der Waals surface area (Å²) < 4.78 is 32.8. The number of alkyl halides is 1. The lowest BCUT2D eigenvalue weighted by Crippen LogP contribution is -2.31. The molecule has 1 fully saturated rings. The van der Waals surface area contributed by atoms with Gasteiger partial charge in [-0.1, -0.05) is 12.7 Å². The van der Waals surface area contributed by atoms with Gasteiger partial charge in [-0.3, -0.25) is 4.57 Å². The third-order valence-electron chi connectivity index (χ3n) is 3.04. The molecule has 1 saturated heterocycles. The Kier molecular flexibility index (Phi) is 3.96. The van der Waals surface area contributed by atoms with Crippen LogP contribution in [-0.2, 0) is 4.74 Å². The number of aromatic nitrogens is 2. The number of aliphatic hydroxyl groups excluding tert-OH is 1. The lowest BCUT2D eigenvalue weighted by Gasteiger charge is -2.16. The molecule has 3 unspecified atom stereocenters. The van der Waals surface area contributed by atoms with Crippen molar-refractivity contribution in [2.45, 2.75) is 18.5 Å². The lowest BCUT2D eigenvalue weighted by atomic mass is 10.1. The highest BCUT2D eigenvalue weighted by Crippen LogP contribution is 2.35. The predicted octanol–water partition coefficient (Wildman–Crippen LogP) is 0.550. The molecule has 0 aromatic carbocycles. The van der Waals surface area contributed by atoms with Crippen LogP contribution in [0.4, 0.5) is 14.6 Å². The number of halogens is 2. The number of hydrogen-bond donors (Lipinski definition) is 2. The van der Waals surface area contributed by atoms with Crippen LogP contribution in [0.25, 0.3) is 6.08 Å². The molecule has 0 aliphatic carbocycles. The summed E-state index contributed by atoms with van der Waals surface area (Å²) in [6.07, 6.45) is -1.85. The monoisotopic (exact) mass is 285 g/mol. The van der Waals surface area contributed by atoms with Crippen LogP contribution < -0.4 is 11.4 Å². The maximum absolute atomic E-state index is 14.1. The summed E-state index contributed by atoms with van der Waals surface area (Å²) >= 11 is 0. The molecule has 1 aromatic rings. The van der Waals surface area contributed by atoms with E-state index in [1.807, 2.05) is 0 Å². The first-order chi connectivity index (χ1) is 9.53. The molecule has 0 saturated carbocycles. The summed E-state index contributed by atoms with van der Waals surface area (Å²) in [5.74, 6) is -0.0466. The van der Waals surface area contributed by atoms with E-state index in [2.05, 4.69) is 11.6 Å². The molecule has 0 spiro atoms. The summed E-state index contributed by atoms with van der Waals surface area (Å²) in [4.78, 5) is 15.3. The smallest absolute Gasteiger partial charge is 0.351 e. The lowest BCUT2D eigenvalue weighted by molar-refractivity contribution is -0.0375. The fourth-order valence-corrected chi connectivity index (χ4v) is 1.98. The van der Waals surface area contributed by atoms with Crippen molar-refractivity contribution < 1.29 is 18.6 Å². The summed E-state index contributed by atoms with van der Waals surface area (Å²) in [5, 5.41) is 9.03. The number of ether oxygens (including phenoxy) is 1. The van der Waals surface area contributed by atoms with Crippen molar-refractivity contribution in [3.8, 4) is 0 Å². The van der Waals surface area contributed by atoms with Gasteiger partial charge in [-0.05, 0) is 0 Å². The zero-order valence-corrected chi connectivity index (χ0v) is 10.4. The highest BCUT2D eigenvalue weighted by Gasteiger charge is 2.42. The second-order valence-corrected chi connectivity index (χ2v) is 4.18. The van der Waals surface area contributed by atoms with Gasteiger partial charge < -0.3 is 15.6 Å². The van der Waals surface area contributed by atoms with Gasteiger partial charge in [0.25, 0.3) is 0 Å². The van der Waals surface area contributed by atoms with E-state index in [-0.39, 0.29) is 17.7 Å². The molecular weight excluding hydrogens is 272 g/mol. The highest BCUT2D eigenvalue weighted by atomic mass is 19.1. The fraction of sp³-hybridized carbons (Fsp3) is 0.333. The highest BCUT2D eigenvalue weighted by molar-refractivity contribution is 5.57. The topological polar surface area (TPSA) is 90.4 Å². The molecule has 8 heteroatoms. The van der Waals surface area contributed by atoms with Crippen LogP contribution >= 0.6 is 0 Å². The molecule has 108 valence electrons. The molecule has 1 aromatic heterocycles. The van der Waals surface area contributed by atoms with Gasteiger partial charge in [0.15, 0.2) is 12.4 Å². The Balaban J connectivity index is 2.47. The number of anilines is 1. The SMILES string of the molecule is C=Cc1cn(C2OC(CO)C(=CF)C2F)c(=O)nc1N. The van der Waals surface area contributed by atoms with Gasteiger partial charge in [0.2, 0.25) is 0 Å². The van der Waals surface area contributed by atoms with Crippen LogP contribution in [-0.4, -0.2) is 33.5 Å². The number of nitrogens with zero attached hydrogens (tertiary/aromatic N) is 2. The number of nitrogen functional groups attached to an aromatic ring is 1. The average Bonchev–Trinajstić information content (AvgIpc) is 2.75. The maximum Gasteiger partial charge on any atom is 0.351 e. The third-order valence-corrected chi connectivity index (χ3v) is 3.04. The van der Waals surface area contributed by atoms with Crippen LogP contribution in [0.3, 0.4) is 0 Å². The van der Waals surface area contributed by atoms with E-state index in [0.717, 1.165) is 4.57 Å². The molecular formula is C12H13F2N3O3. The molecule has 2 heterocycles. The number of hydrogen-bond acceptors (Lipinski definition) is 5. The Labute approximate surface area is 112 Å². The number of aliphatic hydroxyl groups is 1. The molecule has 20 heavy (non-hydrogen) atoms. The van der Waals surface area contributed by atoms with E-state index in [1.165, 1.54) is 12.3 Å². The fourth-order valence-electron chi connectivity index (χ4n) is 1.98. The minimum absolute atomic E-state index is 0.0374. The largest absolute Gasteiger partial charge is 0.393 e. The minimum Gasteiger partial charge on any atom is -0.393 e. The van der Waals surface area contributed by atoms with Gasteiger partial charge in [-0.25, -0.2) is 13.6 Å². The average molecular weight is 285 g/mol. The van der Waals surface area contributed by atoms with Gasteiger partial charge >= 0.3 is 5.69 Å². The van der Waals surface area contributed by atoms with Crippen LogP contribution in [0.15, 0.2) is 29.5 Å². The quantitative estimate of drug-likeness (QED) is 0.846. The Morgan fingerprint density at radius 1 is 1.65 bits per heavy atom. The Morgan fingerprint density at radius 2 is 2.35 bits per heavy atom. The molecule has 1 aliphatic heterocycles. The summed E-state index contributed by atoms with van der Waals surface area (Å²) in [7, 11) is 0. The van der Waals surface area contributed by atoms with Crippen LogP contribution in [0.2, 0.25) is 0 Å². The van der Waals surface area contributed by atoms with E-state index in [1.54, 1.807) is 0 Å². The van der Waals surface area contributed by atoms with E-state index in [9.17, 15) is 13.6 Å². The van der Waals surface area contributed by atoms with E-state index in [0.29, 0.717) is 5.56 Å². The number of rotatable bonds is 3. The van der Waals surface area contributed by atoms with Crippen molar-refractivity contribution in [2.24, 2.45) is 0 Å². The zero-order valence-electron chi connectivity index (χ0n) is 10.4. The Morgan fingerprint density at radius 3 is 2.85 bits per heavy atom. The van der Waals surface area contributed by atoms with Crippen molar-refractivity contribution >= 4 is 11.9 Å². The van der Waals surface area contributed by atoms with Gasteiger partial charge in [0.05, 0.1) is 12.9 Å². The van der Waals surface area contributed by atoms with Gasteiger partial charge in [0, 0.05) is 17.3 Å². The standard InChI is InChI=1S/C12H13F2N3O3/c1-2-6-4-17(12(19)16-10(6)15)11-9(14)7(3-13)8(5-18)20-11/h2-4,8-9,11,18H,1,5H2,(H2,15,16,19). The molecule has 3 N–H and O–H groups in total. The van der Waals surface area contributed by atoms with Gasteiger partial charge in [0.1, 0.15) is 11.9 Å². The summed E-state index contributed by atoms with van der Waals surface area (Å²) in [6, 6.07) is 0. The predicted molar refractivity (Wildman–Crippen MR) is 68.1 cm³/mol. The van der Waals surface area contributed by atoms with Gasteiger partial charge in [-0.15, -0.1) is 0 Å². The van der Waals surface area contributed by atoms with E-state index < -0.39 is 30.8 Å². The van der Waals surface area contributed by atoms with Crippen molar-refractivity contribution in [3.05, 3.63) is 40.7 Å². The molecule has 6 nitrogen and oxygen atoms in total. The molecule has 0 bridgehead atoms. The third kappa shape index (κ3) is 2.23. The molecule has 0 amide bonds. The van der Waals surface area contributed by atoms with Crippen LogP contribution in [0.5, 0.6) is 0 Å². The maximum atomic E-state index is 14.1. The summed E-state index contributed by atoms with van der Waals surface area (Å²) in [5.41, 5.74) is 4.62. The minimum atomic E-state index is -1.90. The first kappa shape index (κ1) is 14.4.